The van der Waals surface area contributed by atoms with Crippen LogP contribution in [0.3, 0.4) is 0 Å². The molecule has 4 nitrogen and oxygen atoms in total. The monoisotopic (exact) mass is 393 g/mol. The number of carbonyl (C=O) groups excluding carboxylic acids is 1. The molecule has 3 aliphatic rings. The molecule has 1 aromatic carbocycles. The van der Waals surface area contributed by atoms with E-state index in [2.05, 4.69) is 17.2 Å². The van der Waals surface area contributed by atoms with Gasteiger partial charge in [0.2, 0.25) is 0 Å². The minimum absolute atomic E-state index is 0.00179. The molecule has 0 spiro atoms. The van der Waals surface area contributed by atoms with Crippen molar-refractivity contribution in [2.24, 2.45) is 5.92 Å². The standard InChI is InChI=1S/C20H19F4N3O/c1-11-4-15-8-16(5-11)27(15)19(28)26-14-2-3-18(20(22,23)24)17(7-14)12-6-13(21)10-25-9-12/h2-3,6-7,9-11,15-16H,4-5,8H2,1H3,(H,26,28)/t11-,15+,16?/m1/s1. The quantitative estimate of drug-likeness (QED) is 0.703. The van der Waals surface area contributed by atoms with Crippen LogP contribution in [0, 0.1) is 11.7 Å². The molecule has 0 radical (unpaired) electrons. The van der Waals surface area contributed by atoms with Crippen molar-refractivity contribution in [1.82, 2.24) is 9.88 Å². The number of halogens is 4. The van der Waals surface area contributed by atoms with Gasteiger partial charge < -0.3 is 10.2 Å². The summed E-state index contributed by atoms with van der Waals surface area (Å²) in [7, 11) is 0. The highest BCUT2D eigenvalue weighted by Crippen LogP contribution is 2.42. The molecule has 3 atom stereocenters. The van der Waals surface area contributed by atoms with Crippen molar-refractivity contribution in [3.63, 3.8) is 0 Å². The van der Waals surface area contributed by atoms with E-state index in [1.54, 1.807) is 4.90 Å². The molecule has 1 saturated carbocycles. The van der Waals surface area contributed by atoms with E-state index in [1.807, 2.05) is 0 Å². The molecule has 2 aliphatic heterocycles. The number of urea groups is 1. The second-order valence-electron chi connectivity index (χ2n) is 7.61. The Kier molecular flexibility index (Phi) is 4.51. The Morgan fingerprint density at radius 2 is 1.86 bits per heavy atom. The molecule has 2 bridgehead atoms. The van der Waals surface area contributed by atoms with E-state index < -0.39 is 17.6 Å². The third-order valence-corrected chi connectivity index (χ3v) is 5.51. The predicted molar refractivity (Wildman–Crippen MR) is 96.1 cm³/mol. The number of fused-ring (bicyclic) bond motifs is 2. The SMILES string of the molecule is C[C@H]1CC2C[C@H](C1)N2C(=O)Nc1ccc(C(F)(F)F)c(-c2cncc(F)c2)c1. The van der Waals surface area contributed by atoms with E-state index in [0.717, 1.165) is 37.6 Å². The van der Waals surface area contributed by atoms with Gasteiger partial charge in [0.05, 0.1) is 11.8 Å². The van der Waals surface area contributed by atoms with Crippen LogP contribution >= 0.6 is 0 Å². The third kappa shape index (κ3) is 3.43. The van der Waals surface area contributed by atoms with Crippen molar-refractivity contribution >= 4 is 11.7 Å². The van der Waals surface area contributed by atoms with Crippen LogP contribution in [0.2, 0.25) is 0 Å². The highest BCUT2D eigenvalue weighted by atomic mass is 19.4. The summed E-state index contributed by atoms with van der Waals surface area (Å²) in [6, 6.07) is 4.39. The first kappa shape index (κ1) is 18.7. The lowest BCUT2D eigenvalue weighted by Crippen LogP contribution is -2.63. The van der Waals surface area contributed by atoms with Crippen LogP contribution in [0.4, 0.5) is 28.0 Å². The molecule has 28 heavy (non-hydrogen) atoms. The maximum Gasteiger partial charge on any atom is 0.417 e. The highest BCUT2D eigenvalue weighted by Gasteiger charge is 2.46. The fourth-order valence-corrected chi connectivity index (χ4v) is 4.33. The van der Waals surface area contributed by atoms with Crippen molar-refractivity contribution in [3.8, 4) is 11.1 Å². The second-order valence-corrected chi connectivity index (χ2v) is 7.61. The summed E-state index contributed by atoms with van der Waals surface area (Å²) in [4.78, 5) is 18.0. The van der Waals surface area contributed by atoms with Crippen LogP contribution < -0.4 is 5.32 Å². The number of hydrogen-bond donors (Lipinski definition) is 1. The minimum atomic E-state index is -4.62. The summed E-state index contributed by atoms with van der Waals surface area (Å²) in [6.45, 7) is 2.16. The molecule has 1 unspecified atom stereocenters. The van der Waals surface area contributed by atoms with E-state index in [4.69, 9.17) is 0 Å². The lowest BCUT2D eigenvalue weighted by atomic mass is 9.74. The summed E-state index contributed by atoms with van der Waals surface area (Å²) in [6.07, 6.45) is 0.334. The number of amides is 2. The van der Waals surface area contributed by atoms with Gasteiger partial charge in [0.25, 0.3) is 0 Å². The smallest absolute Gasteiger partial charge is 0.318 e. The van der Waals surface area contributed by atoms with Crippen LogP contribution in [0.1, 0.15) is 31.7 Å². The number of hydrogen-bond acceptors (Lipinski definition) is 2. The molecule has 8 heteroatoms. The van der Waals surface area contributed by atoms with Crippen LogP contribution in [-0.4, -0.2) is 28.0 Å². The number of alkyl halides is 3. The van der Waals surface area contributed by atoms with Crippen molar-refractivity contribution < 1.29 is 22.4 Å². The van der Waals surface area contributed by atoms with Gasteiger partial charge in [-0.25, -0.2) is 9.18 Å². The molecule has 5 rings (SSSR count). The number of anilines is 1. The van der Waals surface area contributed by atoms with Gasteiger partial charge in [-0.2, -0.15) is 13.2 Å². The Morgan fingerprint density at radius 3 is 2.50 bits per heavy atom. The molecule has 1 aromatic heterocycles. The summed E-state index contributed by atoms with van der Waals surface area (Å²) in [5.41, 5.74) is -0.907. The fourth-order valence-electron chi connectivity index (χ4n) is 4.33. The Hall–Kier alpha value is -2.64. The predicted octanol–water partition coefficient (Wildman–Crippen LogP) is 5.31. The zero-order valence-corrected chi connectivity index (χ0v) is 15.1. The number of benzene rings is 1. The van der Waals surface area contributed by atoms with Crippen molar-refractivity contribution in [2.45, 2.75) is 44.4 Å². The zero-order chi connectivity index (χ0) is 20.1. The summed E-state index contributed by atoms with van der Waals surface area (Å²) < 4.78 is 53.7. The van der Waals surface area contributed by atoms with Gasteiger partial charge >= 0.3 is 12.2 Å². The number of rotatable bonds is 2. The lowest BCUT2D eigenvalue weighted by molar-refractivity contribution is -0.137. The molecule has 148 valence electrons. The largest absolute Gasteiger partial charge is 0.417 e. The third-order valence-electron chi connectivity index (χ3n) is 5.51. The maximum absolute atomic E-state index is 13.5. The zero-order valence-electron chi connectivity index (χ0n) is 15.1. The minimum Gasteiger partial charge on any atom is -0.318 e. The number of nitrogens with one attached hydrogen (secondary N) is 1. The average Bonchev–Trinajstić information content (AvgIpc) is 2.60. The first-order valence-corrected chi connectivity index (χ1v) is 9.14. The molecular weight excluding hydrogens is 374 g/mol. The van der Waals surface area contributed by atoms with Gasteiger partial charge in [-0.1, -0.05) is 6.92 Å². The first-order valence-electron chi connectivity index (χ1n) is 9.14. The van der Waals surface area contributed by atoms with Crippen molar-refractivity contribution in [1.29, 1.82) is 0 Å². The molecule has 1 N–H and O–H groups in total. The van der Waals surface area contributed by atoms with Gasteiger partial charge in [-0.05, 0) is 55.0 Å². The molecule has 2 aromatic rings. The number of piperidine rings is 1. The fraction of sp³-hybridized carbons (Fsp3) is 0.400. The van der Waals surface area contributed by atoms with Crippen molar-refractivity contribution in [3.05, 3.63) is 48.0 Å². The second kappa shape index (κ2) is 6.76. The Morgan fingerprint density at radius 1 is 1.14 bits per heavy atom. The maximum atomic E-state index is 13.5. The topological polar surface area (TPSA) is 45.2 Å². The van der Waals surface area contributed by atoms with E-state index in [-0.39, 0.29) is 34.9 Å². The van der Waals surface area contributed by atoms with E-state index >= 15 is 0 Å². The molecule has 2 amide bonds. The van der Waals surface area contributed by atoms with Crippen LogP contribution in [0.25, 0.3) is 11.1 Å². The Bertz CT molecular complexity index is 903. The van der Waals surface area contributed by atoms with E-state index in [9.17, 15) is 22.4 Å². The van der Waals surface area contributed by atoms with Gasteiger partial charge in [0.15, 0.2) is 0 Å². The summed E-state index contributed by atoms with van der Waals surface area (Å²) >= 11 is 0. The molecular formula is C20H19F4N3O. The van der Waals surface area contributed by atoms with E-state index in [0.29, 0.717) is 5.92 Å². The molecule has 3 fully saturated rings. The average molecular weight is 393 g/mol. The van der Waals surface area contributed by atoms with Gasteiger partial charge in [0, 0.05) is 29.5 Å². The van der Waals surface area contributed by atoms with E-state index in [1.165, 1.54) is 18.3 Å². The Labute approximate surface area is 159 Å². The van der Waals surface area contributed by atoms with Crippen LogP contribution in [0.5, 0.6) is 0 Å². The Balaban J connectivity index is 1.62. The van der Waals surface area contributed by atoms with Gasteiger partial charge in [-0.3, -0.25) is 4.98 Å². The molecule has 2 saturated heterocycles. The number of carbonyl (C=O) groups is 1. The molecule has 3 heterocycles. The van der Waals surface area contributed by atoms with Crippen LogP contribution in [0.15, 0.2) is 36.7 Å². The summed E-state index contributed by atoms with van der Waals surface area (Å²) in [5.74, 6) is -0.159. The summed E-state index contributed by atoms with van der Waals surface area (Å²) in [5, 5.41) is 2.70. The molecule has 1 aliphatic carbocycles. The van der Waals surface area contributed by atoms with Gasteiger partial charge in [-0.15, -0.1) is 0 Å². The number of pyridine rings is 1. The van der Waals surface area contributed by atoms with Crippen LogP contribution in [-0.2, 0) is 6.18 Å². The highest BCUT2D eigenvalue weighted by molar-refractivity contribution is 5.91. The number of nitrogens with zero attached hydrogens (tertiary/aromatic N) is 2. The van der Waals surface area contributed by atoms with Gasteiger partial charge in [0.1, 0.15) is 5.82 Å². The number of aromatic nitrogens is 1. The first-order chi connectivity index (χ1) is 13.2. The normalized spacial score (nSPS) is 23.9. The van der Waals surface area contributed by atoms with Crippen molar-refractivity contribution in [2.75, 3.05) is 5.32 Å². The lowest BCUT2D eigenvalue weighted by Gasteiger charge is -2.54.